The SMILES string of the molecule is CCC(C)c1ccc2c(c1)c1cc(C(C)CC)ccc1n2-c1ccc(-c2ccc3[nH]c4ccc(-c5ccc(-n6c7ccc(C(C)CC)cc7c7cc(C(C)CC)ccc76)cc5)cc4c3c2)cc1. The minimum atomic E-state index is 0.525. The van der Waals surface area contributed by atoms with Crippen molar-refractivity contribution >= 4 is 65.4 Å². The Balaban J connectivity index is 0.933. The zero-order chi connectivity index (χ0) is 46.1. The van der Waals surface area contributed by atoms with Crippen LogP contribution in [0.15, 0.2) is 158 Å². The van der Waals surface area contributed by atoms with Crippen molar-refractivity contribution in [2.45, 2.75) is 105 Å². The number of fused-ring (bicyclic) bond motifs is 9. The van der Waals surface area contributed by atoms with Gasteiger partial charge in [-0.05, 0) is 191 Å². The van der Waals surface area contributed by atoms with Crippen molar-refractivity contribution in [1.82, 2.24) is 14.1 Å². The summed E-state index contributed by atoms with van der Waals surface area (Å²) in [6.07, 6.45) is 4.53. The summed E-state index contributed by atoms with van der Waals surface area (Å²) in [5.41, 5.74) is 20.2. The summed E-state index contributed by atoms with van der Waals surface area (Å²) in [5, 5.41) is 7.86. The van der Waals surface area contributed by atoms with E-state index in [9.17, 15) is 0 Å². The first-order valence-corrected chi connectivity index (χ1v) is 25.1. The van der Waals surface area contributed by atoms with Gasteiger partial charge in [0.1, 0.15) is 0 Å². The topological polar surface area (TPSA) is 25.6 Å². The molecular weight excluding hydrogens is 811 g/mol. The monoisotopic (exact) mass is 874 g/mol. The van der Waals surface area contributed by atoms with E-state index in [1.807, 2.05) is 0 Å². The lowest BCUT2D eigenvalue weighted by atomic mass is 9.95. The molecule has 1 N–H and O–H groups in total. The van der Waals surface area contributed by atoms with Gasteiger partial charge in [-0.3, -0.25) is 0 Å². The molecule has 11 aromatic rings. The third-order valence-electron chi connectivity index (χ3n) is 15.9. The van der Waals surface area contributed by atoms with Gasteiger partial charge in [0, 0.05) is 54.7 Å². The summed E-state index contributed by atoms with van der Waals surface area (Å²) in [7, 11) is 0. The predicted molar refractivity (Wildman–Crippen MR) is 290 cm³/mol. The molecule has 0 amide bonds. The molecule has 11 rings (SSSR count). The number of H-pyrrole nitrogens is 1. The molecule has 3 nitrogen and oxygen atoms in total. The van der Waals surface area contributed by atoms with Crippen LogP contribution in [0.3, 0.4) is 0 Å². The summed E-state index contributed by atoms with van der Waals surface area (Å²) < 4.78 is 4.92. The molecule has 0 aliphatic carbocycles. The van der Waals surface area contributed by atoms with Gasteiger partial charge < -0.3 is 14.1 Å². The smallest absolute Gasteiger partial charge is 0.0541 e. The number of rotatable bonds is 12. The standard InChI is InChI=1S/C64H63N3/c1-9-39(5)45-19-29-61-55(33-45)56-34-46(40(6)10-2)20-30-62(56)66(61)51-23-13-43(14-24-51)49-17-27-59-53(37-49)54-38-50(18-28-60(54)65-59)44-15-25-52(26-16-44)67-63-31-21-47(41(7)11-3)35-57(63)58-36-48(42(8)12-4)22-32-64(58)67/h13-42,65H,9-12H2,1-8H3. The average molecular weight is 874 g/mol. The van der Waals surface area contributed by atoms with Gasteiger partial charge in [0.15, 0.2) is 0 Å². The van der Waals surface area contributed by atoms with Gasteiger partial charge in [0.05, 0.1) is 22.1 Å². The Hall–Kier alpha value is -6.84. The Labute approximate surface area is 396 Å². The predicted octanol–water partition coefficient (Wildman–Crippen LogP) is 18.9. The largest absolute Gasteiger partial charge is 0.355 e. The first-order chi connectivity index (χ1) is 32.7. The van der Waals surface area contributed by atoms with Crippen molar-refractivity contribution in [1.29, 1.82) is 0 Å². The number of benzene rings is 8. The Bertz CT molecular complexity index is 3260. The van der Waals surface area contributed by atoms with E-state index >= 15 is 0 Å². The van der Waals surface area contributed by atoms with Crippen LogP contribution in [0, 0.1) is 0 Å². The molecule has 0 saturated heterocycles. The number of nitrogens with one attached hydrogen (secondary N) is 1. The molecule has 0 spiro atoms. The molecule has 0 bridgehead atoms. The van der Waals surface area contributed by atoms with Crippen molar-refractivity contribution < 1.29 is 0 Å². The van der Waals surface area contributed by atoms with E-state index in [1.54, 1.807) is 0 Å². The fourth-order valence-electron chi connectivity index (χ4n) is 10.7. The lowest BCUT2D eigenvalue weighted by Crippen LogP contribution is -1.95. The van der Waals surface area contributed by atoms with Gasteiger partial charge in [-0.2, -0.15) is 0 Å². The lowest BCUT2D eigenvalue weighted by molar-refractivity contribution is 0.734. The molecule has 4 atom stereocenters. The second-order valence-corrected chi connectivity index (χ2v) is 19.8. The zero-order valence-corrected chi connectivity index (χ0v) is 40.5. The average Bonchev–Trinajstić information content (AvgIpc) is 4.03. The minimum absolute atomic E-state index is 0.525. The molecule has 4 unspecified atom stereocenters. The normalized spacial score (nSPS) is 14.0. The highest BCUT2D eigenvalue weighted by Crippen LogP contribution is 2.40. The van der Waals surface area contributed by atoms with Crippen LogP contribution < -0.4 is 0 Å². The van der Waals surface area contributed by atoms with Gasteiger partial charge in [0.25, 0.3) is 0 Å². The third-order valence-corrected chi connectivity index (χ3v) is 15.9. The number of hydrogen-bond acceptors (Lipinski definition) is 0. The molecule has 0 aliphatic rings. The van der Waals surface area contributed by atoms with Crippen molar-refractivity contribution in [2.24, 2.45) is 0 Å². The van der Waals surface area contributed by atoms with Crippen LogP contribution in [-0.4, -0.2) is 14.1 Å². The fourth-order valence-corrected chi connectivity index (χ4v) is 10.7. The first kappa shape index (κ1) is 42.8. The van der Waals surface area contributed by atoms with E-state index in [0.29, 0.717) is 23.7 Å². The van der Waals surface area contributed by atoms with E-state index in [4.69, 9.17) is 0 Å². The molecule has 3 aromatic heterocycles. The van der Waals surface area contributed by atoms with Crippen molar-refractivity contribution in [3.63, 3.8) is 0 Å². The van der Waals surface area contributed by atoms with Crippen molar-refractivity contribution in [3.8, 4) is 33.6 Å². The summed E-state index contributed by atoms with van der Waals surface area (Å²) in [5.74, 6) is 2.10. The van der Waals surface area contributed by atoms with Gasteiger partial charge in [-0.25, -0.2) is 0 Å². The van der Waals surface area contributed by atoms with Gasteiger partial charge in [-0.15, -0.1) is 0 Å². The van der Waals surface area contributed by atoms with Crippen LogP contribution >= 0.6 is 0 Å². The minimum Gasteiger partial charge on any atom is -0.355 e. The summed E-state index contributed by atoms with van der Waals surface area (Å²) >= 11 is 0. The summed E-state index contributed by atoms with van der Waals surface area (Å²) in [6, 6.07) is 60.6. The molecule has 8 aromatic carbocycles. The summed E-state index contributed by atoms with van der Waals surface area (Å²) in [6.45, 7) is 18.5. The molecule has 0 radical (unpaired) electrons. The number of aromatic nitrogens is 3. The molecular formula is C64H63N3. The highest BCUT2D eigenvalue weighted by Gasteiger charge is 2.19. The summed E-state index contributed by atoms with van der Waals surface area (Å²) in [4.78, 5) is 3.71. The molecule has 0 fully saturated rings. The van der Waals surface area contributed by atoms with Crippen molar-refractivity contribution in [3.05, 3.63) is 180 Å². The first-order valence-electron chi connectivity index (χ1n) is 25.1. The molecule has 3 heteroatoms. The van der Waals surface area contributed by atoms with Gasteiger partial charge in [-0.1, -0.05) is 116 Å². The highest BCUT2D eigenvalue weighted by atomic mass is 15.0. The number of nitrogens with zero attached hydrogens (tertiary/aromatic N) is 2. The quantitative estimate of drug-likeness (QED) is 0.127. The molecule has 334 valence electrons. The number of aromatic amines is 1. The van der Waals surface area contributed by atoms with Crippen LogP contribution in [0.5, 0.6) is 0 Å². The van der Waals surface area contributed by atoms with Crippen LogP contribution in [0.4, 0.5) is 0 Å². The van der Waals surface area contributed by atoms with E-state index in [1.165, 1.54) is 110 Å². The maximum absolute atomic E-state index is 3.71. The number of hydrogen-bond donors (Lipinski definition) is 1. The van der Waals surface area contributed by atoms with Crippen LogP contribution in [0.25, 0.3) is 99.0 Å². The molecule has 3 heterocycles. The van der Waals surface area contributed by atoms with Gasteiger partial charge >= 0.3 is 0 Å². The molecule has 0 saturated carbocycles. The Morgan fingerprint density at radius 1 is 0.313 bits per heavy atom. The van der Waals surface area contributed by atoms with E-state index in [-0.39, 0.29) is 0 Å². The van der Waals surface area contributed by atoms with Crippen molar-refractivity contribution in [2.75, 3.05) is 0 Å². The fraction of sp³-hybridized carbons (Fsp3) is 0.250. The van der Waals surface area contributed by atoms with E-state index in [0.717, 1.165) is 36.7 Å². The van der Waals surface area contributed by atoms with E-state index < -0.39 is 0 Å². The molecule has 0 aliphatic heterocycles. The second kappa shape index (κ2) is 17.1. The third kappa shape index (κ3) is 7.26. The zero-order valence-electron chi connectivity index (χ0n) is 40.5. The van der Waals surface area contributed by atoms with Crippen LogP contribution in [0.1, 0.15) is 127 Å². The second-order valence-electron chi connectivity index (χ2n) is 19.8. The van der Waals surface area contributed by atoms with E-state index in [2.05, 4.69) is 227 Å². The Morgan fingerprint density at radius 2 is 0.597 bits per heavy atom. The lowest BCUT2D eigenvalue weighted by Gasteiger charge is -2.12. The maximum atomic E-state index is 3.71. The molecule has 67 heavy (non-hydrogen) atoms. The van der Waals surface area contributed by atoms with Crippen LogP contribution in [0.2, 0.25) is 0 Å². The van der Waals surface area contributed by atoms with Gasteiger partial charge in [0.2, 0.25) is 0 Å². The highest BCUT2D eigenvalue weighted by molar-refractivity contribution is 6.12. The Kier molecular flexibility index (Phi) is 10.9. The maximum Gasteiger partial charge on any atom is 0.0541 e. The Morgan fingerprint density at radius 3 is 0.881 bits per heavy atom. The van der Waals surface area contributed by atoms with Crippen LogP contribution in [-0.2, 0) is 0 Å².